The van der Waals surface area contributed by atoms with Crippen LogP contribution in [0.15, 0.2) is 48.1 Å². The second kappa shape index (κ2) is 8.64. The number of hydrogen-bond donors (Lipinski definition) is 0. The minimum Gasteiger partial charge on any atom is -0.496 e. The van der Waals surface area contributed by atoms with Crippen LogP contribution in [-0.2, 0) is 17.6 Å². The number of methoxy groups -OCH3 is 1. The summed E-state index contributed by atoms with van der Waals surface area (Å²) in [4.78, 5) is 12.4. The molecule has 148 valence electrons. The number of benzene rings is 2. The third-order valence-electron chi connectivity index (χ3n) is 5.50. The van der Waals surface area contributed by atoms with Crippen LogP contribution in [0.3, 0.4) is 0 Å². The molecule has 0 N–H and O–H groups in total. The highest BCUT2D eigenvalue weighted by Crippen LogP contribution is 2.45. The standard InChI is InChI=1S/C25H30O3/c1-16(2)9-8-10-18-13-14-21-22(15-18)24(28-25(26)17(3)4)20-12-7-6-11-19(20)23(21)27-5/h6-7,9,11-12,18H,3,8,10,13-15H2,1-2,4-5H3. The zero-order valence-electron chi connectivity index (χ0n) is 17.4. The van der Waals surface area contributed by atoms with Gasteiger partial charge in [0.05, 0.1) is 7.11 Å². The van der Waals surface area contributed by atoms with E-state index < -0.39 is 0 Å². The summed E-state index contributed by atoms with van der Waals surface area (Å²) in [6.45, 7) is 9.71. The van der Waals surface area contributed by atoms with Crippen molar-refractivity contribution >= 4 is 16.7 Å². The lowest BCUT2D eigenvalue weighted by molar-refractivity contribution is -0.130. The topological polar surface area (TPSA) is 35.5 Å². The molecule has 0 heterocycles. The van der Waals surface area contributed by atoms with Crippen molar-refractivity contribution in [1.29, 1.82) is 0 Å². The van der Waals surface area contributed by atoms with Crippen LogP contribution in [0.2, 0.25) is 0 Å². The maximum absolute atomic E-state index is 12.4. The van der Waals surface area contributed by atoms with E-state index in [1.54, 1.807) is 14.0 Å². The molecule has 0 aliphatic heterocycles. The number of carbonyl (C=O) groups excluding carboxylic acids is 1. The van der Waals surface area contributed by atoms with Crippen LogP contribution in [0, 0.1) is 5.92 Å². The highest BCUT2D eigenvalue weighted by Gasteiger charge is 2.28. The molecule has 1 aliphatic rings. The van der Waals surface area contributed by atoms with Crippen LogP contribution in [-0.4, -0.2) is 13.1 Å². The molecule has 0 radical (unpaired) electrons. The molecular weight excluding hydrogens is 348 g/mol. The number of ether oxygens (including phenoxy) is 2. The number of hydrogen-bond acceptors (Lipinski definition) is 3. The Balaban J connectivity index is 2.07. The number of rotatable bonds is 6. The van der Waals surface area contributed by atoms with Gasteiger partial charge in [-0.05, 0) is 58.8 Å². The fourth-order valence-electron chi connectivity index (χ4n) is 4.08. The van der Waals surface area contributed by atoms with Gasteiger partial charge in [0.2, 0.25) is 0 Å². The zero-order chi connectivity index (χ0) is 20.3. The van der Waals surface area contributed by atoms with Crippen molar-refractivity contribution in [1.82, 2.24) is 0 Å². The number of allylic oxidation sites excluding steroid dienone is 2. The van der Waals surface area contributed by atoms with Crippen molar-refractivity contribution in [2.75, 3.05) is 7.11 Å². The van der Waals surface area contributed by atoms with Crippen molar-refractivity contribution in [2.45, 2.75) is 52.9 Å². The minimum absolute atomic E-state index is 0.371. The van der Waals surface area contributed by atoms with E-state index in [9.17, 15) is 4.79 Å². The average Bonchev–Trinajstić information content (AvgIpc) is 2.67. The molecule has 2 aromatic carbocycles. The fourth-order valence-corrected chi connectivity index (χ4v) is 4.08. The SMILES string of the molecule is C=C(C)C(=O)Oc1c2c(c(OC)c3ccccc13)CCC(CCC=C(C)C)C2. The van der Waals surface area contributed by atoms with Crippen molar-refractivity contribution < 1.29 is 14.3 Å². The van der Waals surface area contributed by atoms with E-state index in [4.69, 9.17) is 9.47 Å². The summed E-state index contributed by atoms with van der Waals surface area (Å²) in [5, 5.41) is 1.92. The maximum atomic E-state index is 12.4. The van der Waals surface area contributed by atoms with Gasteiger partial charge in [0.1, 0.15) is 11.5 Å². The smallest absolute Gasteiger partial charge is 0.338 e. The number of fused-ring (bicyclic) bond motifs is 2. The lowest BCUT2D eigenvalue weighted by atomic mass is 9.79. The number of carbonyl (C=O) groups is 1. The molecule has 2 aromatic rings. The molecule has 0 aromatic heterocycles. The first-order valence-electron chi connectivity index (χ1n) is 10.0. The van der Waals surface area contributed by atoms with Gasteiger partial charge >= 0.3 is 5.97 Å². The summed E-state index contributed by atoms with van der Waals surface area (Å²) in [5.74, 6) is 1.82. The zero-order valence-corrected chi connectivity index (χ0v) is 17.4. The molecule has 0 spiro atoms. The lowest BCUT2D eigenvalue weighted by Gasteiger charge is -2.29. The van der Waals surface area contributed by atoms with E-state index in [0.717, 1.165) is 54.2 Å². The Morgan fingerprint density at radius 3 is 2.43 bits per heavy atom. The molecule has 3 rings (SSSR count). The van der Waals surface area contributed by atoms with Crippen molar-refractivity contribution in [3.63, 3.8) is 0 Å². The largest absolute Gasteiger partial charge is 0.496 e. The fraction of sp³-hybridized carbons (Fsp3) is 0.400. The van der Waals surface area contributed by atoms with Crippen molar-refractivity contribution in [3.8, 4) is 11.5 Å². The van der Waals surface area contributed by atoms with Gasteiger partial charge in [-0.25, -0.2) is 4.79 Å². The molecule has 0 fully saturated rings. The van der Waals surface area contributed by atoms with Crippen LogP contribution < -0.4 is 9.47 Å². The normalized spacial score (nSPS) is 15.6. The molecule has 0 saturated carbocycles. The van der Waals surface area contributed by atoms with Crippen LogP contribution in [0.1, 0.15) is 51.2 Å². The summed E-state index contributed by atoms with van der Waals surface area (Å²) < 4.78 is 11.7. The van der Waals surface area contributed by atoms with Gasteiger partial charge in [0, 0.05) is 27.5 Å². The van der Waals surface area contributed by atoms with Gasteiger partial charge in [0.25, 0.3) is 0 Å². The van der Waals surface area contributed by atoms with E-state index in [1.165, 1.54) is 11.1 Å². The van der Waals surface area contributed by atoms with Crippen molar-refractivity contribution in [2.24, 2.45) is 5.92 Å². The van der Waals surface area contributed by atoms with Gasteiger partial charge in [-0.1, -0.05) is 42.5 Å². The van der Waals surface area contributed by atoms with Crippen LogP contribution in [0.25, 0.3) is 10.8 Å². The Kier molecular flexibility index (Phi) is 6.23. The molecule has 0 bridgehead atoms. The van der Waals surface area contributed by atoms with Gasteiger partial charge in [0.15, 0.2) is 0 Å². The van der Waals surface area contributed by atoms with E-state index in [1.807, 2.05) is 24.3 Å². The second-order valence-electron chi connectivity index (χ2n) is 8.00. The third-order valence-corrected chi connectivity index (χ3v) is 5.50. The second-order valence-corrected chi connectivity index (χ2v) is 8.00. The molecule has 3 nitrogen and oxygen atoms in total. The first kappa shape index (κ1) is 20.2. The summed E-state index contributed by atoms with van der Waals surface area (Å²) in [6.07, 6.45) is 7.53. The molecular formula is C25H30O3. The summed E-state index contributed by atoms with van der Waals surface area (Å²) in [7, 11) is 1.72. The van der Waals surface area contributed by atoms with E-state index in [0.29, 0.717) is 17.2 Å². The molecule has 1 unspecified atom stereocenters. The van der Waals surface area contributed by atoms with E-state index in [-0.39, 0.29) is 5.97 Å². The van der Waals surface area contributed by atoms with E-state index in [2.05, 4.69) is 26.5 Å². The quantitative estimate of drug-likeness (QED) is 0.260. The van der Waals surface area contributed by atoms with Crippen molar-refractivity contribution in [3.05, 3.63) is 59.2 Å². The summed E-state index contributed by atoms with van der Waals surface area (Å²) >= 11 is 0. The average molecular weight is 379 g/mol. The molecule has 0 amide bonds. The molecule has 1 atom stereocenters. The minimum atomic E-state index is -0.371. The summed E-state index contributed by atoms with van der Waals surface area (Å²) in [6, 6.07) is 8.01. The van der Waals surface area contributed by atoms with Crippen LogP contribution in [0.5, 0.6) is 11.5 Å². The Labute approximate surface area is 168 Å². The van der Waals surface area contributed by atoms with Gasteiger partial charge in [-0.2, -0.15) is 0 Å². The predicted octanol–water partition coefficient (Wildman–Crippen LogP) is 6.18. The third kappa shape index (κ3) is 4.14. The van der Waals surface area contributed by atoms with Crippen LogP contribution in [0.4, 0.5) is 0 Å². The highest BCUT2D eigenvalue weighted by molar-refractivity contribution is 5.99. The highest BCUT2D eigenvalue weighted by atomic mass is 16.5. The first-order valence-corrected chi connectivity index (χ1v) is 10.0. The Hall–Kier alpha value is -2.55. The first-order chi connectivity index (χ1) is 13.4. The Morgan fingerprint density at radius 1 is 1.14 bits per heavy atom. The molecule has 28 heavy (non-hydrogen) atoms. The van der Waals surface area contributed by atoms with Gasteiger partial charge in [-0.3, -0.25) is 0 Å². The van der Waals surface area contributed by atoms with Crippen LogP contribution >= 0.6 is 0 Å². The maximum Gasteiger partial charge on any atom is 0.338 e. The molecule has 3 heteroatoms. The summed E-state index contributed by atoms with van der Waals surface area (Å²) in [5.41, 5.74) is 4.08. The van der Waals surface area contributed by atoms with E-state index >= 15 is 0 Å². The Bertz CT molecular complexity index is 932. The van der Waals surface area contributed by atoms with Gasteiger partial charge < -0.3 is 9.47 Å². The monoisotopic (exact) mass is 378 g/mol. The lowest BCUT2D eigenvalue weighted by Crippen LogP contribution is -2.19. The molecule has 0 saturated heterocycles. The van der Waals surface area contributed by atoms with Gasteiger partial charge in [-0.15, -0.1) is 0 Å². The molecule has 1 aliphatic carbocycles. The number of esters is 1. The predicted molar refractivity (Wildman–Crippen MR) is 115 cm³/mol. The Morgan fingerprint density at radius 2 is 1.82 bits per heavy atom.